The van der Waals surface area contributed by atoms with E-state index >= 15 is 0 Å². The molecule has 0 bridgehead atoms. The van der Waals surface area contributed by atoms with Crippen LogP contribution in [0.4, 0.5) is 0 Å². The summed E-state index contributed by atoms with van der Waals surface area (Å²) >= 11 is 1.68. The smallest absolute Gasteiger partial charge is 0.159 e. The minimum Gasteiger partial charge on any atom is -0.295 e. The second-order valence-corrected chi connectivity index (χ2v) is 3.16. The second kappa shape index (κ2) is 11.3. The first-order valence-electron chi connectivity index (χ1n) is 5.39. The molecule has 2 heteroatoms. The maximum atomic E-state index is 10.8. The first-order valence-corrected chi connectivity index (χ1v) is 6.61. The van der Waals surface area contributed by atoms with E-state index in [2.05, 4.69) is 0 Å². The molecule has 0 spiro atoms. The number of carbonyl (C=O) groups is 1. The summed E-state index contributed by atoms with van der Waals surface area (Å²) < 4.78 is 0. The molecule has 1 nitrogen and oxygen atoms in total. The fourth-order valence-corrected chi connectivity index (χ4v) is 1.23. The predicted octanol–water partition coefficient (Wildman–Crippen LogP) is 4.66. The molecule has 0 unspecified atom stereocenters. The Balaban J connectivity index is 0. The van der Waals surface area contributed by atoms with Crippen molar-refractivity contribution in [1.82, 2.24) is 0 Å². The van der Waals surface area contributed by atoms with Crippen LogP contribution in [0.25, 0.3) is 0 Å². The van der Waals surface area contributed by atoms with Crippen molar-refractivity contribution < 1.29 is 4.79 Å². The van der Waals surface area contributed by atoms with Crippen LogP contribution in [0.15, 0.2) is 29.2 Å². The zero-order valence-electron chi connectivity index (χ0n) is 10.6. The van der Waals surface area contributed by atoms with Gasteiger partial charge in [0.2, 0.25) is 0 Å². The van der Waals surface area contributed by atoms with E-state index in [0.717, 1.165) is 5.56 Å². The van der Waals surface area contributed by atoms with Gasteiger partial charge in [-0.25, -0.2) is 0 Å². The minimum atomic E-state index is 0.123. The molecule has 0 N–H and O–H groups in total. The van der Waals surface area contributed by atoms with Crippen molar-refractivity contribution in [3.63, 3.8) is 0 Å². The van der Waals surface area contributed by atoms with Gasteiger partial charge in [0.15, 0.2) is 5.78 Å². The van der Waals surface area contributed by atoms with Crippen LogP contribution in [0, 0.1) is 0 Å². The Bertz CT molecular complexity index is 252. The van der Waals surface area contributed by atoms with Crippen molar-refractivity contribution in [2.75, 3.05) is 6.26 Å². The molecular weight excluding hydrogens is 204 g/mol. The number of hydrogen-bond donors (Lipinski definition) is 0. The summed E-state index contributed by atoms with van der Waals surface area (Å²) in [7, 11) is 0. The number of thioether (sulfide) groups is 1. The Hall–Kier alpha value is -0.760. The third-order valence-electron chi connectivity index (χ3n) is 1.50. The molecule has 0 heterocycles. The van der Waals surface area contributed by atoms with E-state index in [1.165, 1.54) is 4.90 Å². The van der Waals surface area contributed by atoms with Gasteiger partial charge in [-0.05, 0) is 25.3 Å². The Labute approximate surface area is 98.3 Å². The highest BCUT2D eigenvalue weighted by Gasteiger charge is 1.96. The quantitative estimate of drug-likeness (QED) is 0.539. The van der Waals surface area contributed by atoms with Crippen LogP contribution in [0.5, 0.6) is 0 Å². The van der Waals surface area contributed by atoms with E-state index in [4.69, 9.17) is 0 Å². The average Bonchev–Trinajstić information content (AvgIpc) is 2.34. The van der Waals surface area contributed by atoms with Crippen molar-refractivity contribution in [2.24, 2.45) is 0 Å². The van der Waals surface area contributed by atoms with Gasteiger partial charge in [-0.1, -0.05) is 39.8 Å². The summed E-state index contributed by atoms with van der Waals surface area (Å²) in [5, 5.41) is 0. The Morgan fingerprint density at radius 1 is 1.00 bits per heavy atom. The maximum absolute atomic E-state index is 10.8. The average molecular weight is 226 g/mol. The van der Waals surface area contributed by atoms with Gasteiger partial charge in [0.25, 0.3) is 0 Å². The van der Waals surface area contributed by atoms with Crippen molar-refractivity contribution in [3.05, 3.63) is 29.8 Å². The summed E-state index contributed by atoms with van der Waals surface area (Å²) in [6, 6.07) is 7.63. The highest BCUT2D eigenvalue weighted by atomic mass is 32.2. The summed E-state index contributed by atoms with van der Waals surface area (Å²) in [6.07, 6.45) is 2.02. The molecule has 0 saturated carbocycles. The highest BCUT2D eigenvalue weighted by Crippen LogP contribution is 2.14. The van der Waals surface area contributed by atoms with Crippen LogP contribution in [0.3, 0.4) is 0 Å². The first kappa shape index (κ1) is 16.7. The lowest BCUT2D eigenvalue weighted by Crippen LogP contribution is -1.89. The normalized spacial score (nSPS) is 7.87. The van der Waals surface area contributed by atoms with Crippen LogP contribution in [-0.4, -0.2) is 12.0 Å². The number of ketones is 1. The Morgan fingerprint density at radius 3 is 1.67 bits per heavy atom. The van der Waals surface area contributed by atoms with Crippen molar-refractivity contribution in [2.45, 2.75) is 39.5 Å². The monoisotopic (exact) mass is 226 g/mol. The van der Waals surface area contributed by atoms with Crippen molar-refractivity contribution in [3.8, 4) is 0 Å². The van der Waals surface area contributed by atoms with Crippen LogP contribution in [0.2, 0.25) is 0 Å². The summed E-state index contributed by atoms with van der Waals surface area (Å²) in [5.74, 6) is 0.123. The Morgan fingerprint density at radius 2 is 1.40 bits per heavy atom. The van der Waals surface area contributed by atoms with E-state index in [1.807, 2.05) is 58.2 Å². The summed E-state index contributed by atoms with van der Waals surface area (Å²) in [5.41, 5.74) is 0.780. The van der Waals surface area contributed by atoms with Gasteiger partial charge >= 0.3 is 0 Å². The Kier molecular flexibility index (Phi) is 12.6. The molecule has 1 aromatic rings. The van der Waals surface area contributed by atoms with E-state index in [-0.39, 0.29) is 5.78 Å². The van der Waals surface area contributed by atoms with Crippen LogP contribution >= 0.6 is 11.8 Å². The topological polar surface area (TPSA) is 17.1 Å². The molecular formula is C13H22OS. The molecule has 0 atom stereocenters. The lowest BCUT2D eigenvalue weighted by molar-refractivity contribution is 0.101. The molecule has 86 valence electrons. The fraction of sp³-hybridized carbons (Fsp3) is 0.462. The molecule has 0 aliphatic carbocycles. The largest absolute Gasteiger partial charge is 0.295 e. The molecule has 0 radical (unpaired) electrons. The molecule has 0 aliphatic heterocycles. The van der Waals surface area contributed by atoms with Gasteiger partial charge in [-0.2, -0.15) is 0 Å². The third-order valence-corrected chi connectivity index (χ3v) is 2.24. The van der Waals surface area contributed by atoms with Gasteiger partial charge in [0.05, 0.1) is 0 Å². The van der Waals surface area contributed by atoms with Gasteiger partial charge in [0.1, 0.15) is 0 Å². The lowest BCUT2D eigenvalue weighted by atomic mass is 10.2. The standard InChI is InChI=1S/C9H10OS.2C2H6/c1-7(10)8-3-5-9(11-2)6-4-8;2*1-2/h3-6H,1-2H3;2*1-2H3. The summed E-state index contributed by atoms with van der Waals surface area (Å²) in [4.78, 5) is 12.0. The molecule has 0 amide bonds. The molecule has 1 aromatic carbocycles. The zero-order valence-corrected chi connectivity index (χ0v) is 11.4. The number of rotatable bonds is 2. The number of carbonyl (C=O) groups excluding carboxylic acids is 1. The third kappa shape index (κ3) is 7.20. The van der Waals surface area contributed by atoms with Gasteiger partial charge in [-0.3, -0.25) is 4.79 Å². The molecule has 0 aliphatic rings. The molecule has 1 rings (SSSR count). The van der Waals surface area contributed by atoms with Crippen LogP contribution in [-0.2, 0) is 0 Å². The van der Waals surface area contributed by atoms with E-state index in [9.17, 15) is 4.79 Å². The number of hydrogen-bond acceptors (Lipinski definition) is 2. The zero-order chi connectivity index (χ0) is 12.3. The number of benzene rings is 1. The molecule has 0 saturated heterocycles. The van der Waals surface area contributed by atoms with Gasteiger partial charge in [0, 0.05) is 10.5 Å². The SMILES string of the molecule is CC.CC.CSc1ccc(C(C)=O)cc1. The van der Waals surface area contributed by atoms with Gasteiger partial charge < -0.3 is 0 Å². The van der Waals surface area contributed by atoms with E-state index in [1.54, 1.807) is 18.7 Å². The van der Waals surface area contributed by atoms with Gasteiger partial charge in [-0.15, -0.1) is 11.8 Å². The van der Waals surface area contributed by atoms with Crippen molar-refractivity contribution >= 4 is 17.5 Å². The summed E-state index contributed by atoms with van der Waals surface area (Å²) in [6.45, 7) is 9.58. The molecule has 0 fully saturated rings. The fourth-order valence-electron chi connectivity index (χ4n) is 0.826. The highest BCUT2D eigenvalue weighted by molar-refractivity contribution is 7.98. The predicted molar refractivity (Wildman–Crippen MR) is 70.9 cm³/mol. The second-order valence-electron chi connectivity index (χ2n) is 2.28. The van der Waals surface area contributed by atoms with Crippen molar-refractivity contribution in [1.29, 1.82) is 0 Å². The molecule has 0 aromatic heterocycles. The maximum Gasteiger partial charge on any atom is 0.159 e. The first-order chi connectivity index (χ1) is 7.24. The van der Waals surface area contributed by atoms with E-state index < -0.39 is 0 Å². The van der Waals surface area contributed by atoms with Crippen LogP contribution in [0.1, 0.15) is 45.0 Å². The minimum absolute atomic E-state index is 0.123. The van der Waals surface area contributed by atoms with Crippen LogP contribution < -0.4 is 0 Å². The van der Waals surface area contributed by atoms with E-state index in [0.29, 0.717) is 0 Å². The molecule has 15 heavy (non-hydrogen) atoms. The lowest BCUT2D eigenvalue weighted by Gasteiger charge is -1.96. The number of Topliss-reactive ketones (excluding diaryl/α,β-unsaturated/α-hetero) is 1.